The van der Waals surface area contributed by atoms with Crippen LogP contribution >= 0.6 is 0 Å². The smallest absolute Gasteiger partial charge is 0.258 e. The minimum atomic E-state index is -0.253. The van der Waals surface area contributed by atoms with E-state index in [9.17, 15) is 4.79 Å². The van der Waals surface area contributed by atoms with Gasteiger partial charge in [0.2, 0.25) is 0 Å². The van der Waals surface area contributed by atoms with Crippen molar-refractivity contribution in [2.45, 2.75) is 0 Å². The van der Waals surface area contributed by atoms with Gasteiger partial charge in [-0.25, -0.2) is 19.9 Å². The second kappa shape index (κ2) is 5.87. The van der Waals surface area contributed by atoms with E-state index in [0.29, 0.717) is 11.3 Å². The number of nitrogens with one attached hydrogen (secondary N) is 1. The van der Waals surface area contributed by atoms with Crippen molar-refractivity contribution in [2.75, 3.05) is 5.32 Å². The van der Waals surface area contributed by atoms with Gasteiger partial charge >= 0.3 is 0 Å². The summed E-state index contributed by atoms with van der Waals surface area (Å²) in [6.45, 7) is 0. The second-order valence-electron chi connectivity index (χ2n) is 4.29. The van der Waals surface area contributed by atoms with E-state index in [1.807, 2.05) is 24.3 Å². The molecule has 0 saturated heterocycles. The van der Waals surface area contributed by atoms with Crippen LogP contribution in [0.1, 0.15) is 10.4 Å². The Bertz CT molecular complexity index is 746. The topological polar surface area (TPSA) is 80.7 Å². The summed E-state index contributed by atoms with van der Waals surface area (Å²) in [4.78, 5) is 27.7. The first kappa shape index (κ1) is 12.9. The van der Waals surface area contributed by atoms with E-state index >= 15 is 0 Å². The van der Waals surface area contributed by atoms with E-state index in [2.05, 4.69) is 25.3 Å². The molecule has 0 aliphatic heterocycles. The third kappa shape index (κ3) is 3.06. The maximum absolute atomic E-state index is 12.0. The highest BCUT2D eigenvalue weighted by Crippen LogP contribution is 2.21. The van der Waals surface area contributed by atoms with Gasteiger partial charge in [-0.3, -0.25) is 4.79 Å². The van der Waals surface area contributed by atoms with Gasteiger partial charge in [-0.1, -0.05) is 12.1 Å². The number of hydrogen-bond acceptors (Lipinski definition) is 5. The standard InChI is InChI=1S/C15H11N5O/c21-15(13-7-18-10-19-8-13)20-14-3-1-2-11(4-14)12-5-16-9-17-6-12/h1-10H,(H,20,21). The predicted molar refractivity (Wildman–Crippen MR) is 77.5 cm³/mol. The molecule has 3 aromatic rings. The molecule has 102 valence electrons. The predicted octanol–water partition coefficient (Wildman–Crippen LogP) is 2.19. The minimum Gasteiger partial charge on any atom is -0.322 e. The average molecular weight is 277 g/mol. The fourth-order valence-corrected chi connectivity index (χ4v) is 1.84. The molecule has 1 N–H and O–H groups in total. The third-order valence-electron chi connectivity index (χ3n) is 2.84. The van der Waals surface area contributed by atoms with Crippen molar-refractivity contribution >= 4 is 11.6 Å². The molecule has 6 nitrogen and oxygen atoms in total. The summed E-state index contributed by atoms with van der Waals surface area (Å²) in [6, 6.07) is 7.47. The fourth-order valence-electron chi connectivity index (χ4n) is 1.84. The van der Waals surface area contributed by atoms with Crippen LogP contribution in [0.2, 0.25) is 0 Å². The van der Waals surface area contributed by atoms with Crippen molar-refractivity contribution in [3.63, 3.8) is 0 Å². The van der Waals surface area contributed by atoms with Crippen LogP contribution < -0.4 is 5.32 Å². The van der Waals surface area contributed by atoms with E-state index < -0.39 is 0 Å². The number of carbonyl (C=O) groups excluding carboxylic acids is 1. The highest BCUT2D eigenvalue weighted by molar-refractivity contribution is 6.04. The van der Waals surface area contributed by atoms with Crippen LogP contribution in [0.15, 0.2) is 61.7 Å². The number of hydrogen-bond donors (Lipinski definition) is 1. The number of nitrogens with zero attached hydrogens (tertiary/aromatic N) is 4. The lowest BCUT2D eigenvalue weighted by molar-refractivity contribution is 0.102. The lowest BCUT2D eigenvalue weighted by atomic mass is 10.1. The van der Waals surface area contributed by atoms with Gasteiger partial charge in [0.1, 0.15) is 12.7 Å². The Kier molecular flexibility index (Phi) is 3.60. The maximum Gasteiger partial charge on any atom is 0.258 e. The number of carbonyl (C=O) groups is 1. The van der Waals surface area contributed by atoms with E-state index in [0.717, 1.165) is 11.1 Å². The lowest BCUT2D eigenvalue weighted by Crippen LogP contribution is -2.12. The molecular weight excluding hydrogens is 266 g/mol. The normalized spacial score (nSPS) is 10.1. The average Bonchev–Trinajstić information content (AvgIpc) is 2.57. The summed E-state index contributed by atoms with van der Waals surface area (Å²) >= 11 is 0. The molecule has 1 aromatic carbocycles. The molecule has 3 rings (SSSR count). The Morgan fingerprint density at radius 1 is 0.857 bits per heavy atom. The first-order chi connectivity index (χ1) is 10.3. The number of rotatable bonds is 3. The van der Waals surface area contributed by atoms with Crippen LogP contribution in [0.4, 0.5) is 5.69 Å². The number of aromatic nitrogens is 4. The van der Waals surface area contributed by atoms with E-state index in [-0.39, 0.29) is 5.91 Å². The molecule has 0 saturated carbocycles. The summed E-state index contributed by atoms with van der Waals surface area (Å²) in [5.74, 6) is -0.253. The maximum atomic E-state index is 12.0. The molecule has 0 atom stereocenters. The van der Waals surface area contributed by atoms with Crippen LogP contribution in [0.25, 0.3) is 11.1 Å². The number of benzene rings is 1. The molecule has 0 aliphatic rings. The number of amides is 1. The summed E-state index contributed by atoms with van der Waals surface area (Å²) in [5.41, 5.74) is 2.91. The lowest BCUT2D eigenvalue weighted by Gasteiger charge is -2.07. The van der Waals surface area contributed by atoms with Crippen LogP contribution in [0, 0.1) is 0 Å². The van der Waals surface area contributed by atoms with Gasteiger partial charge < -0.3 is 5.32 Å². The van der Waals surface area contributed by atoms with E-state index in [1.165, 1.54) is 25.0 Å². The summed E-state index contributed by atoms with van der Waals surface area (Å²) < 4.78 is 0. The SMILES string of the molecule is O=C(Nc1cccc(-c2cncnc2)c1)c1cncnc1. The molecule has 2 heterocycles. The van der Waals surface area contributed by atoms with Gasteiger partial charge in [0.15, 0.2) is 0 Å². The van der Waals surface area contributed by atoms with E-state index in [4.69, 9.17) is 0 Å². The molecule has 0 bridgehead atoms. The zero-order valence-corrected chi connectivity index (χ0v) is 11.0. The summed E-state index contributed by atoms with van der Waals surface area (Å²) in [5, 5.41) is 2.81. The summed E-state index contributed by atoms with van der Waals surface area (Å²) in [6.07, 6.45) is 9.24. The first-order valence-corrected chi connectivity index (χ1v) is 6.25. The van der Waals surface area contributed by atoms with Crippen LogP contribution in [-0.2, 0) is 0 Å². The van der Waals surface area contributed by atoms with Crippen molar-refractivity contribution in [3.8, 4) is 11.1 Å². The van der Waals surface area contributed by atoms with Crippen LogP contribution in [0.5, 0.6) is 0 Å². The largest absolute Gasteiger partial charge is 0.322 e. The Balaban J connectivity index is 1.83. The molecular formula is C15H11N5O. The van der Waals surface area contributed by atoms with Gasteiger partial charge in [0.05, 0.1) is 5.56 Å². The second-order valence-corrected chi connectivity index (χ2v) is 4.29. The molecule has 21 heavy (non-hydrogen) atoms. The van der Waals surface area contributed by atoms with Crippen LogP contribution in [-0.4, -0.2) is 25.8 Å². The Morgan fingerprint density at radius 2 is 1.52 bits per heavy atom. The van der Waals surface area contributed by atoms with Gasteiger partial charge in [-0.15, -0.1) is 0 Å². The van der Waals surface area contributed by atoms with Crippen molar-refractivity contribution in [3.05, 3.63) is 67.3 Å². The quantitative estimate of drug-likeness (QED) is 0.793. The molecule has 2 aromatic heterocycles. The Labute approximate surface area is 121 Å². The first-order valence-electron chi connectivity index (χ1n) is 6.25. The van der Waals surface area contributed by atoms with Crippen molar-refractivity contribution in [1.29, 1.82) is 0 Å². The molecule has 0 aliphatic carbocycles. The van der Waals surface area contributed by atoms with Gasteiger partial charge in [-0.2, -0.15) is 0 Å². The highest BCUT2D eigenvalue weighted by Gasteiger charge is 2.07. The molecule has 1 amide bonds. The van der Waals surface area contributed by atoms with Gasteiger partial charge in [0.25, 0.3) is 5.91 Å². The van der Waals surface area contributed by atoms with Crippen molar-refractivity contribution in [2.24, 2.45) is 0 Å². The monoisotopic (exact) mass is 277 g/mol. The minimum absolute atomic E-state index is 0.253. The van der Waals surface area contributed by atoms with Crippen molar-refractivity contribution in [1.82, 2.24) is 19.9 Å². The number of anilines is 1. The Hall–Kier alpha value is -3.15. The van der Waals surface area contributed by atoms with Crippen LogP contribution in [0.3, 0.4) is 0 Å². The van der Waals surface area contributed by atoms with E-state index in [1.54, 1.807) is 12.4 Å². The van der Waals surface area contributed by atoms with Crippen molar-refractivity contribution < 1.29 is 4.79 Å². The zero-order valence-electron chi connectivity index (χ0n) is 11.0. The molecule has 0 spiro atoms. The molecule has 0 fully saturated rings. The fraction of sp³-hybridized carbons (Fsp3) is 0. The zero-order chi connectivity index (χ0) is 14.5. The Morgan fingerprint density at radius 3 is 2.24 bits per heavy atom. The molecule has 0 radical (unpaired) electrons. The molecule has 6 heteroatoms. The molecule has 0 unspecified atom stereocenters. The van der Waals surface area contributed by atoms with Gasteiger partial charge in [0, 0.05) is 36.0 Å². The van der Waals surface area contributed by atoms with Gasteiger partial charge in [-0.05, 0) is 17.7 Å². The third-order valence-corrected chi connectivity index (χ3v) is 2.84. The summed E-state index contributed by atoms with van der Waals surface area (Å²) in [7, 11) is 0. The highest BCUT2D eigenvalue weighted by atomic mass is 16.1.